The van der Waals surface area contributed by atoms with Gasteiger partial charge in [0.1, 0.15) is 60.2 Å². The van der Waals surface area contributed by atoms with Gasteiger partial charge in [0.25, 0.3) is 17.4 Å². The van der Waals surface area contributed by atoms with Crippen LogP contribution in [0.4, 0.5) is 11.6 Å². The summed E-state index contributed by atoms with van der Waals surface area (Å²) in [4.78, 5) is 253. The van der Waals surface area contributed by atoms with Crippen molar-refractivity contribution >= 4 is 151 Å². The van der Waals surface area contributed by atoms with E-state index in [9.17, 15) is 117 Å². The molecule has 5 amide bonds. The minimum absolute atomic E-state index is 0.000759. The van der Waals surface area contributed by atoms with Crippen molar-refractivity contribution in [3.8, 4) is 0 Å². The number of carboxylic acids is 5. The smallest absolute Gasteiger partial charge is 0.338 e. The van der Waals surface area contributed by atoms with Crippen molar-refractivity contribution in [3.63, 3.8) is 0 Å². The summed E-state index contributed by atoms with van der Waals surface area (Å²) in [5, 5.41) is 88.6. The molecule has 20 N–H and O–H groups in total. The van der Waals surface area contributed by atoms with Crippen molar-refractivity contribution in [3.05, 3.63) is 171 Å². The number of fused-ring (bicyclic) bond motifs is 6. The third-order valence-corrected chi connectivity index (χ3v) is 27.1. The van der Waals surface area contributed by atoms with Gasteiger partial charge in [-0.15, -0.1) is 0 Å². The molecule has 1 unspecified atom stereocenters. The molecule has 2 saturated carbocycles. The Morgan fingerprint density at radius 3 is 1.81 bits per heavy atom. The predicted octanol–water partition coefficient (Wildman–Crippen LogP) is 3.08. The molecule has 4 aromatic carbocycles. The van der Waals surface area contributed by atoms with Crippen molar-refractivity contribution in [2.24, 2.45) is 51.0 Å². The quantitative estimate of drug-likeness (QED) is 0.00496. The van der Waals surface area contributed by atoms with Gasteiger partial charge < -0.3 is 113 Å². The summed E-state index contributed by atoms with van der Waals surface area (Å²) in [7, 11) is 3.52. The lowest BCUT2D eigenvalue weighted by Gasteiger charge is -2.68. The van der Waals surface area contributed by atoms with E-state index < -0.39 is 252 Å². The fraction of sp³-hybridized carbons (Fsp3) is 0.462. The van der Waals surface area contributed by atoms with Crippen LogP contribution in [-0.2, 0) is 102 Å². The molecule has 3 aliphatic carbocycles. The van der Waals surface area contributed by atoms with Gasteiger partial charge >= 0.3 is 53.7 Å². The van der Waals surface area contributed by atoms with Crippen LogP contribution in [0.25, 0.3) is 11.2 Å². The molecule has 0 radical (unpaired) electrons. The maximum Gasteiger partial charge on any atom is 0.338 e. The van der Waals surface area contributed by atoms with Gasteiger partial charge in [0.05, 0.1) is 91.2 Å². The Balaban J connectivity index is 0.000000324. The van der Waals surface area contributed by atoms with Gasteiger partial charge in [0.15, 0.2) is 34.6 Å². The molecule has 45 nitrogen and oxygen atoms in total. The van der Waals surface area contributed by atoms with E-state index >= 15 is 4.79 Å². The standard InChI is InChI=1S/C47H53NO12.C46H59N13O19S2/c1-26-32(58-43(54)37(50)36(29-17-11-8-12-18-29)48-41(52)30-19-13-9-14-20-30)24-47(55)40(59-42(53)31-21-15-10-16-22-31)38-45(6,39(51)27(2)35(26)44(47,4)5)33(56-7)23-34-46(38,25-57-34)60-28(3)49;1-21(60)78-11-12-79-80-20-31(44(76)77)57-41(72)30(17-35(67)68)56-40(71)24(16-34(65)66)14-32(62)28(3-2-10-50-45(47)48)54-39(70)23(15-33(63)64)13-27(61)8-9-29(43(74)75)55-38(69)22-4-6-25(7-5-22)51-18-26-19-52-37-36(53-26)42(73)59-46(49)58-37/h8-22,27,32-34,36-38,40,50,55H,23-25H2,1-7H3,(H,48,52);4-7,19,23-24,28-31,51H,2-3,8-18,20H2,1H3,(H,54,70)(H,55,69)(H,56,71)(H,57,72)(H,63,64)(H,65,66)(H,67,68)(H,74,75)(H,76,77)(H4,47,48,50)(H3,49,52,58,59,73)/t27-,32+,33+,34-,36+,37-,38?,40+,45-,46+,47-;23-,24-,28-,29-,30-,31-/m10/s1. The predicted molar refractivity (Wildman–Crippen MR) is 498 cm³/mol. The second-order valence-electron chi connectivity index (χ2n) is 34.6. The van der Waals surface area contributed by atoms with Gasteiger partial charge in [-0.3, -0.25) is 77.1 Å². The number of aliphatic hydroxyl groups is 2. The number of hydrogen-bond donors (Lipinski definition) is 17. The Bertz CT molecular complexity index is 5740. The number of nitrogens with two attached hydrogens (primary N) is 3. The number of methoxy groups -OCH3 is 1. The zero-order chi connectivity index (χ0) is 103. The van der Waals surface area contributed by atoms with E-state index in [1.165, 1.54) is 51.4 Å². The van der Waals surface area contributed by atoms with E-state index in [0.29, 0.717) is 33.7 Å². The molecule has 140 heavy (non-hydrogen) atoms. The molecule has 3 fully saturated rings. The van der Waals surface area contributed by atoms with Crippen LogP contribution in [0, 0.1) is 34.5 Å². The number of aliphatic hydroxyl groups excluding tert-OH is 1. The van der Waals surface area contributed by atoms with Gasteiger partial charge in [-0.05, 0) is 98.4 Å². The average molecular weight is 1990 g/mol. The minimum atomic E-state index is -2.13. The number of aliphatic imine (C=N–C) groups is 1. The molecule has 10 rings (SSSR count). The van der Waals surface area contributed by atoms with Crippen LogP contribution >= 0.6 is 21.6 Å². The summed E-state index contributed by atoms with van der Waals surface area (Å²) >= 11 is 0. The first-order valence-electron chi connectivity index (χ1n) is 44.2. The number of aliphatic carboxylic acids is 5. The van der Waals surface area contributed by atoms with Crippen LogP contribution in [0.2, 0.25) is 0 Å². The first-order valence-corrected chi connectivity index (χ1v) is 46.7. The molecule has 1 saturated heterocycles. The Kier molecular flexibility index (Phi) is 38.3. The number of rotatable bonds is 47. The summed E-state index contributed by atoms with van der Waals surface area (Å²) in [6.45, 7) is 10.9. The van der Waals surface area contributed by atoms with Crippen LogP contribution in [-0.4, -0.2) is 267 Å². The zero-order valence-corrected chi connectivity index (χ0v) is 79.0. The van der Waals surface area contributed by atoms with Gasteiger partial charge in [-0.2, -0.15) is 4.98 Å². The number of hydrogen-bond acceptors (Lipinski definition) is 34. The number of aromatic amines is 1. The highest BCUT2D eigenvalue weighted by Crippen LogP contribution is 2.65. The molecular formula is C93H112N14O31S2. The lowest BCUT2D eigenvalue weighted by Crippen LogP contribution is -2.81. The highest BCUT2D eigenvalue weighted by atomic mass is 33.1. The fourth-order valence-electron chi connectivity index (χ4n) is 17.9. The summed E-state index contributed by atoms with van der Waals surface area (Å²) in [5.41, 5.74) is 11.9. The maximum absolute atomic E-state index is 15.5. The molecule has 752 valence electrons. The SMILES string of the molecule is CC(=O)OCCSSC[C@H](NC(=O)[C@H](CC(=O)O)NC(=O)[C@H](CC(=O)O)CC(=O)[C@H](CCCN=C(N)N)NC(=O)[C@H](CC(=O)O)CC(=O)CC[C@H](NC(=O)c1ccc(NCc2cnc3nc(N)[nH]c(=O)c3n2)cc1)C(=O)O)C(=O)O.CO[C@H]1C[C@H]2OC[C@@]2(OC(C)=O)C2[C@H](OC(=O)c3ccccc3)[C@]3(O)C[C@H](OC(=O)[C@H](O)[C@@H](NC(=O)c4ccccc4)c4ccccc4)C(C)=C([C@@H](C)C(=O)[C@@]21C)C3(C)C. The van der Waals surface area contributed by atoms with Gasteiger partial charge in [-0.1, -0.05) is 109 Å². The fourth-order valence-corrected chi connectivity index (χ4v) is 19.9. The third-order valence-electron chi connectivity index (χ3n) is 24.8. The monoisotopic (exact) mass is 1980 g/mol. The number of carbonyl (C=O) groups excluding carboxylic acids is 12. The van der Waals surface area contributed by atoms with Crippen molar-refractivity contribution in [2.45, 2.75) is 198 Å². The number of ether oxygens (including phenoxy) is 6. The molecule has 2 aromatic heterocycles. The van der Waals surface area contributed by atoms with Crippen molar-refractivity contribution in [2.75, 3.05) is 49.4 Å². The molecule has 1 aliphatic heterocycles. The highest BCUT2D eigenvalue weighted by Gasteiger charge is 2.78. The number of amides is 5. The zero-order valence-electron chi connectivity index (χ0n) is 77.4. The number of nitrogen functional groups attached to an aromatic ring is 1. The number of esters is 4. The van der Waals surface area contributed by atoms with E-state index in [0.717, 1.165) is 21.6 Å². The van der Waals surface area contributed by atoms with Gasteiger partial charge in [0, 0.05) is 99.3 Å². The van der Waals surface area contributed by atoms with Crippen LogP contribution in [0.15, 0.2) is 142 Å². The largest absolute Gasteiger partial charge is 0.481 e. The molecule has 2 bridgehead atoms. The Morgan fingerprint density at radius 2 is 1.24 bits per heavy atom. The maximum atomic E-state index is 15.5. The molecular weight excluding hydrogens is 1870 g/mol. The molecule has 3 heterocycles. The highest BCUT2D eigenvalue weighted by molar-refractivity contribution is 8.76. The summed E-state index contributed by atoms with van der Waals surface area (Å²) in [5.74, 6) is -24.8. The van der Waals surface area contributed by atoms with Gasteiger partial charge in [0.2, 0.25) is 23.7 Å². The summed E-state index contributed by atoms with van der Waals surface area (Å²) < 4.78 is 35.8. The number of aromatic nitrogens is 4. The number of Topliss-reactive ketones (excluding diaryl/α,β-unsaturated/α-hetero) is 3. The number of carbonyl (C=O) groups is 17. The van der Waals surface area contributed by atoms with E-state index in [4.69, 9.17) is 45.6 Å². The second-order valence-corrected chi connectivity index (χ2v) is 37.3. The van der Waals surface area contributed by atoms with Crippen LogP contribution in [0.5, 0.6) is 0 Å². The number of nitrogens with zero attached hydrogens (tertiary/aromatic N) is 4. The lowest BCUT2D eigenvalue weighted by molar-refractivity contribution is -0.346. The number of carboxylic acid groups (broad SMARTS) is 5. The molecule has 4 aliphatic rings. The topological polar surface area (TPSA) is 721 Å². The molecule has 0 spiro atoms. The molecule has 17 atom stereocenters. The average Bonchev–Trinajstić information content (AvgIpc) is 0.666. The van der Waals surface area contributed by atoms with Crippen molar-refractivity contribution in [1.29, 1.82) is 0 Å². The molecule has 6 aromatic rings. The Morgan fingerprint density at radius 1 is 0.664 bits per heavy atom. The van der Waals surface area contributed by atoms with E-state index in [-0.39, 0.29) is 103 Å². The first kappa shape index (κ1) is 109. The van der Waals surface area contributed by atoms with E-state index in [1.54, 1.807) is 126 Å². The van der Waals surface area contributed by atoms with E-state index in [1.807, 2.05) is 0 Å². The summed E-state index contributed by atoms with van der Waals surface area (Å²) in [6, 6.07) is 22.5. The lowest BCUT2D eigenvalue weighted by atomic mass is 9.43. The first-order chi connectivity index (χ1) is 66.1. The van der Waals surface area contributed by atoms with Crippen LogP contribution in [0.1, 0.15) is 167 Å². The summed E-state index contributed by atoms with van der Waals surface area (Å²) in [6.07, 6.45) is -11.8. The number of H-pyrrole nitrogens is 1. The molecule has 47 heteroatoms. The van der Waals surface area contributed by atoms with E-state index in [2.05, 4.69) is 56.8 Å². The Labute approximate surface area is 808 Å². The number of ketones is 3. The van der Waals surface area contributed by atoms with Crippen molar-refractivity contribution < 1.29 is 146 Å². The number of benzene rings is 4. The second kappa shape index (κ2) is 48.9. The number of nitrogens with one attached hydrogen (secondary N) is 7. The Hall–Kier alpha value is -14.2. The van der Waals surface area contributed by atoms with Gasteiger partial charge in [-0.25, -0.2) is 29.1 Å². The minimum Gasteiger partial charge on any atom is -0.481 e. The normalized spacial score (nSPS) is 21.5. The van der Waals surface area contributed by atoms with Crippen LogP contribution < -0.4 is 54.7 Å². The number of anilines is 2. The van der Waals surface area contributed by atoms with Crippen LogP contribution in [0.3, 0.4) is 0 Å². The third kappa shape index (κ3) is 27.7. The van der Waals surface area contributed by atoms with Crippen molar-refractivity contribution in [1.82, 2.24) is 46.5 Å². The number of guanidine groups is 1.